The minimum absolute atomic E-state index is 0.197. The number of rotatable bonds is 4. The third-order valence-electron chi connectivity index (χ3n) is 6.89. The first-order valence-electron chi connectivity index (χ1n) is 11.0. The summed E-state index contributed by atoms with van der Waals surface area (Å²) in [7, 11) is 1.95. The predicted octanol–water partition coefficient (Wildman–Crippen LogP) is 2.61. The molecule has 0 bridgehead atoms. The van der Waals surface area contributed by atoms with Crippen molar-refractivity contribution in [1.29, 1.82) is 0 Å². The molecule has 33 heavy (non-hydrogen) atoms. The van der Waals surface area contributed by atoms with Crippen LogP contribution in [-0.2, 0) is 17.8 Å². The Kier molecular flexibility index (Phi) is 6.25. The van der Waals surface area contributed by atoms with E-state index in [4.69, 9.17) is 5.73 Å². The fraction of sp³-hybridized carbons (Fsp3) is 0.417. The van der Waals surface area contributed by atoms with Gasteiger partial charge in [0.25, 0.3) is 0 Å². The number of nitrogens with one attached hydrogen (secondary N) is 1. The fourth-order valence-corrected chi connectivity index (χ4v) is 4.98. The fourth-order valence-electron chi connectivity index (χ4n) is 4.98. The van der Waals surface area contributed by atoms with Crippen LogP contribution >= 0.6 is 0 Å². The number of aliphatic hydroxyl groups is 1. The Hall–Kier alpha value is -3.20. The number of hydrogen-bond donors (Lipinski definition) is 3. The van der Waals surface area contributed by atoms with Crippen molar-refractivity contribution in [2.45, 2.75) is 43.9 Å². The molecule has 1 fully saturated rings. The number of benzene rings is 2. The average Bonchev–Trinajstić information content (AvgIpc) is 2.78. The van der Waals surface area contributed by atoms with Crippen LogP contribution in [0.15, 0.2) is 36.4 Å². The minimum Gasteiger partial charge on any atom is -0.388 e. The van der Waals surface area contributed by atoms with Crippen LogP contribution in [0.5, 0.6) is 0 Å². The summed E-state index contributed by atoms with van der Waals surface area (Å²) in [4.78, 5) is 27.7. The van der Waals surface area contributed by atoms with Crippen molar-refractivity contribution < 1.29 is 23.5 Å². The summed E-state index contributed by atoms with van der Waals surface area (Å²) in [6.45, 7) is 1.22. The van der Waals surface area contributed by atoms with Crippen LogP contribution in [0.3, 0.4) is 0 Å². The van der Waals surface area contributed by atoms with Gasteiger partial charge in [-0.3, -0.25) is 4.79 Å². The summed E-state index contributed by atoms with van der Waals surface area (Å²) < 4.78 is 27.5. The summed E-state index contributed by atoms with van der Waals surface area (Å²) in [6.07, 6.45) is 0.874. The monoisotopic (exact) mass is 458 g/mol. The molecule has 1 atom stereocenters. The number of fused-ring (bicyclic) bond motifs is 1. The molecule has 1 saturated heterocycles. The maximum atomic E-state index is 13.8. The van der Waals surface area contributed by atoms with Gasteiger partial charge >= 0.3 is 6.03 Å². The first kappa shape index (κ1) is 23.0. The highest BCUT2D eigenvalue weighted by molar-refractivity contribution is 5.77. The summed E-state index contributed by atoms with van der Waals surface area (Å²) in [5.74, 6) is -1.50. The number of carbonyl (C=O) groups excluding carboxylic acids is 2. The lowest BCUT2D eigenvalue weighted by Gasteiger charge is -2.52. The number of nitrogens with two attached hydrogens (primary N) is 1. The van der Waals surface area contributed by atoms with E-state index in [-0.39, 0.29) is 35.9 Å². The molecule has 4 rings (SSSR count). The second-order valence-electron chi connectivity index (χ2n) is 8.92. The minimum atomic E-state index is -0.750. The standard InChI is InChI=1S/C24H28F2N4O3/c1-29-20-5-3-17(25)12-18(20)21(31)13-24(29)6-8-30(9-7-24)23(33)28-14-15-2-4-19(26)16(10-15)11-22(27)32/h2-5,10,12,21,31H,6-9,11,13-14H2,1H3,(H2,27,32)(H,28,33). The van der Waals surface area contributed by atoms with Gasteiger partial charge in [-0.2, -0.15) is 0 Å². The first-order chi connectivity index (χ1) is 15.7. The van der Waals surface area contributed by atoms with Gasteiger partial charge in [-0.15, -0.1) is 0 Å². The number of halogens is 2. The highest BCUT2D eigenvalue weighted by Crippen LogP contribution is 2.46. The van der Waals surface area contributed by atoms with Crippen molar-refractivity contribution in [2.75, 3.05) is 25.0 Å². The van der Waals surface area contributed by atoms with Crippen LogP contribution in [0.2, 0.25) is 0 Å². The normalized spacial score (nSPS) is 19.3. The number of likely N-dealkylation sites (tertiary alicyclic amines) is 1. The van der Waals surface area contributed by atoms with Crippen LogP contribution in [-0.4, -0.2) is 47.6 Å². The van der Waals surface area contributed by atoms with Crippen LogP contribution in [0, 0.1) is 11.6 Å². The second-order valence-corrected chi connectivity index (χ2v) is 8.92. The molecular formula is C24H28F2N4O3. The Morgan fingerprint density at radius 1 is 1.18 bits per heavy atom. The van der Waals surface area contributed by atoms with Crippen molar-refractivity contribution in [1.82, 2.24) is 10.2 Å². The van der Waals surface area contributed by atoms with Gasteiger partial charge in [-0.05, 0) is 48.2 Å². The van der Waals surface area contributed by atoms with Crippen LogP contribution in [0.4, 0.5) is 19.3 Å². The number of urea groups is 1. The summed E-state index contributed by atoms with van der Waals surface area (Å²) in [5, 5.41) is 13.5. The van der Waals surface area contributed by atoms with Crippen LogP contribution < -0.4 is 16.0 Å². The molecule has 4 N–H and O–H groups in total. The predicted molar refractivity (Wildman–Crippen MR) is 119 cm³/mol. The Morgan fingerprint density at radius 2 is 1.91 bits per heavy atom. The third-order valence-corrected chi connectivity index (χ3v) is 6.89. The Bertz CT molecular complexity index is 1070. The number of amides is 3. The number of primary amides is 1. The van der Waals surface area contributed by atoms with Crippen molar-refractivity contribution >= 4 is 17.6 Å². The smallest absolute Gasteiger partial charge is 0.317 e. The number of carbonyl (C=O) groups is 2. The Morgan fingerprint density at radius 3 is 2.61 bits per heavy atom. The highest BCUT2D eigenvalue weighted by atomic mass is 19.1. The number of anilines is 1. The van der Waals surface area contributed by atoms with Crippen molar-refractivity contribution in [3.8, 4) is 0 Å². The molecule has 7 nitrogen and oxygen atoms in total. The number of hydrogen-bond acceptors (Lipinski definition) is 4. The van der Waals surface area contributed by atoms with Gasteiger partial charge in [-0.1, -0.05) is 12.1 Å². The van der Waals surface area contributed by atoms with E-state index >= 15 is 0 Å². The molecule has 0 saturated carbocycles. The zero-order valence-electron chi connectivity index (χ0n) is 18.5. The maximum absolute atomic E-state index is 13.8. The van der Waals surface area contributed by atoms with E-state index in [1.807, 2.05) is 7.05 Å². The van der Waals surface area contributed by atoms with E-state index in [2.05, 4.69) is 10.2 Å². The molecule has 2 heterocycles. The summed E-state index contributed by atoms with van der Waals surface area (Å²) in [5.41, 5.74) is 7.14. The third kappa shape index (κ3) is 4.64. The van der Waals surface area contributed by atoms with E-state index in [1.54, 1.807) is 17.0 Å². The number of nitrogens with zero attached hydrogens (tertiary/aromatic N) is 2. The van der Waals surface area contributed by atoms with Gasteiger partial charge in [0.1, 0.15) is 11.6 Å². The second kappa shape index (κ2) is 8.97. The summed E-state index contributed by atoms with van der Waals surface area (Å²) in [6, 6.07) is 8.60. The quantitative estimate of drug-likeness (QED) is 0.656. The zero-order chi connectivity index (χ0) is 23.8. The van der Waals surface area contributed by atoms with Gasteiger partial charge in [-0.25, -0.2) is 13.6 Å². The van der Waals surface area contributed by atoms with E-state index < -0.39 is 17.8 Å². The molecule has 9 heteroatoms. The van der Waals surface area contributed by atoms with Crippen LogP contribution in [0.25, 0.3) is 0 Å². The van der Waals surface area contributed by atoms with E-state index in [9.17, 15) is 23.5 Å². The van der Waals surface area contributed by atoms with Crippen molar-refractivity contribution in [2.24, 2.45) is 5.73 Å². The molecule has 2 aliphatic rings. The molecule has 0 aliphatic carbocycles. The lowest BCUT2D eigenvalue weighted by molar-refractivity contribution is -0.117. The summed E-state index contributed by atoms with van der Waals surface area (Å²) >= 11 is 0. The topological polar surface area (TPSA) is 98.9 Å². The zero-order valence-corrected chi connectivity index (χ0v) is 18.5. The molecule has 2 aromatic rings. The number of piperidine rings is 1. The SMILES string of the molecule is CN1c2ccc(F)cc2C(O)CC12CCN(C(=O)NCc1ccc(F)c(CC(N)=O)c1)CC2. The Labute approximate surface area is 191 Å². The maximum Gasteiger partial charge on any atom is 0.317 e. The van der Waals surface area contributed by atoms with E-state index in [0.717, 1.165) is 5.69 Å². The molecule has 176 valence electrons. The molecular weight excluding hydrogens is 430 g/mol. The molecule has 0 radical (unpaired) electrons. The molecule has 2 aromatic carbocycles. The van der Waals surface area contributed by atoms with E-state index in [1.165, 1.54) is 24.3 Å². The van der Waals surface area contributed by atoms with E-state index in [0.29, 0.717) is 43.5 Å². The highest BCUT2D eigenvalue weighted by Gasteiger charge is 2.45. The van der Waals surface area contributed by atoms with Crippen molar-refractivity contribution in [3.63, 3.8) is 0 Å². The van der Waals surface area contributed by atoms with Gasteiger partial charge in [0, 0.05) is 49.9 Å². The number of aliphatic hydroxyl groups excluding tert-OH is 1. The molecule has 0 aromatic heterocycles. The van der Waals surface area contributed by atoms with Gasteiger partial charge in [0.2, 0.25) is 5.91 Å². The van der Waals surface area contributed by atoms with Crippen LogP contribution in [0.1, 0.15) is 42.1 Å². The Balaban J connectivity index is 1.37. The largest absolute Gasteiger partial charge is 0.388 e. The van der Waals surface area contributed by atoms with Gasteiger partial charge in [0.15, 0.2) is 0 Å². The molecule has 3 amide bonds. The van der Waals surface area contributed by atoms with Gasteiger partial charge < -0.3 is 26.0 Å². The lowest BCUT2D eigenvalue weighted by atomic mass is 9.76. The molecule has 1 spiro atoms. The first-order valence-corrected chi connectivity index (χ1v) is 11.0. The van der Waals surface area contributed by atoms with Crippen molar-refractivity contribution in [3.05, 3.63) is 64.7 Å². The van der Waals surface area contributed by atoms with Gasteiger partial charge in [0.05, 0.1) is 12.5 Å². The lowest BCUT2D eigenvalue weighted by Crippen LogP contribution is -2.58. The molecule has 2 aliphatic heterocycles. The molecule has 1 unspecified atom stereocenters. The average molecular weight is 459 g/mol.